The second kappa shape index (κ2) is 4.39. The number of hydrogen-bond donors (Lipinski definition) is 2. The summed E-state index contributed by atoms with van der Waals surface area (Å²) in [6.45, 7) is 0. The van der Waals surface area contributed by atoms with Gasteiger partial charge < -0.3 is 5.32 Å². The van der Waals surface area contributed by atoms with Gasteiger partial charge in [-0.05, 0) is 12.0 Å². The van der Waals surface area contributed by atoms with Crippen LogP contribution in [0.1, 0.15) is 12.0 Å². The fraction of sp³-hybridized carbons (Fsp3) is 0.200. The van der Waals surface area contributed by atoms with Crippen molar-refractivity contribution in [1.29, 1.82) is 0 Å². The standard InChI is InChI=1S/C15H14N2O2/c18-13-15(17-14(19)16-13,11-7-3-1-4-8-11)12-9-5-2-6-10-12/h1-9,12H,10H2,(H2,16,17,18,19). The van der Waals surface area contributed by atoms with E-state index in [2.05, 4.69) is 10.6 Å². The Morgan fingerprint density at radius 2 is 1.89 bits per heavy atom. The highest BCUT2D eigenvalue weighted by Gasteiger charge is 2.52. The first kappa shape index (κ1) is 11.7. The summed E-state index contributed by atoms with van der Waals surface area (Å²) in [5.41, 5.74) is -0.192. The highest BCUT2D eigenvalue weighted by molar-refractivity contribution is 6.07. The van der Waals surface area contributed by atoms with Gasteiger partial charge in [0.05, 0.1) is 0 Å². The predicted octanol–water partition coefficient (Wildman–Crippen LogP) is 1.85. The van der Waals surface area contributed by atoms with E-state index in [9.17, 15) is 9.59 Å². The zero-order chi connectivity index (χ0) is 13.3. The first-order valence-electron chi connectivity index (χ1n) is 6.26. The van der Waals surface area contributed by atoms with Crippen LogP contribution in [0.25, 0.3) is 0 Å². The lowest BCUT2D eigenvalue weighted by molar-refractivity contribution is -0.125. The maximum absolute atomic E-state index is 12.4. The highest BCUT2D eigenvalue weighted by Crippen LogP contribution is 2.37. The number of imide groups is 1. The van der Waals surface area contributed by atoms with E-state index in [0.29, 0.717) is 0 Å². The van der Waals surface area contributed by atoms with Crippen LogP contribution >= 0.6 is 0 Å². The van der Waals surface area contributed by atoms with E-state index in [1.165, 1.54) is 0 Å². The molecule has 0 bridgehead atoms. The van der Waals surface area contributed by atoms with Crippen LogP contribution in [0.15, 0.2) is 54.6 Å². The van der Waals surface area contributed by atoms with Gasteiger partial charge in [0.15, 0.2) is 5.54 Å². The Kier molecular flexibility index (Phi) is 2.71. The van der Waals surface area contributed by atoms with Gasteiger partial charge in [-0.25, -0.2) is 4.79 Å². The molecule has 0 spiro atoms. The van der Waals surface area contributed by atoms with Crippen molar-refractivity contribution in [2.75, 3.05) is 0 Å². The van der Waals surface area contributed by atoms with Crippen molar-refractivity contribution in [2.45, 2.75) is 12.0 Å². The topological polar surface area (TPSA) is 58.2 Å². The lowest BCUT2D eigenvalue weighted by Gasteiger charge is -2.33. The number of nitrogens with one attached hydrogen (secondary N) is 2. The van der Waals surface area contributed by atoms with Crippen LogP contribution in [0.3, 0.4) is 0 Å². The molecule has 1 fully saturated rings. The van der Waals surface area contributed by atoms with Gasteiger partial charge in [-0.2, -0.15) is 0 Å². The molecule has 1 aromatic carbocycles. The molecule has 2 unspecified atom stereocenters. The molecule has 4 nitrogen and oxygen atoms in total. The Bertz CT molecular complexity index is 577. The molecular weight excluding hydrogens is 240 g/mol. The molecule has 2 N–H and O–H groups in total. The molecule has 3 rings (SSSR count). The Balaban J connectivity index is 2.11. The first-order valence-corrected chi connectivity index (χ1v) is 6.26. The second-order valence-electron chi connectivity index (χ2n) is 4.74. The molecule has 2 aliphatic rings. The van der Waals surface area contributed by atoms with Crippen molar-refractivity contribution < 1.29 is 9.59 Å². The number of carbonyl (C=O) groups is 2. The number of benzene rings is 1. The third-order valence-corrected chi connectivity index (χ3v) is 3.66. The Morgan fingerprint density at radius 3 is 2.47 bits per heavy atom. The van der Waals surface area contributed by atoms with Crippen LogP contribution < -0.4 is 10.6 Å². The quantitative estimate of drug-likeness (QED) is 0.791. The summed E-state index contributed by atoms with van der Waals surface area (Å²) in [5.74, 6) is -0.361. The molecule has 96 valence electrons. The summed E-state index contributed by atoms with van der Waals surface area (Å²) in [7, 11) is 0. The van der Waals surface area contributed by atoms with Crippen molar-refractivity contribution in [2.24, 2.45) is 5.92 Å². The number of amides is 3. The minimum Gasteiger partial charge on any atom is -0.319 e. The SMILES string of the molecule is O=C1NC(=O)C(c2ccccc2)(C2C=CC=CC2)N1. The van der Waals surface area contributed by atoms with Gasteiger partial charge in [0, 0.05) is 5.92 Å². The molecule has 0 aromatic heterocycles. The van der Waals surface area contributed by atoms with Crippen molar-refractivity contribution in [1.82, 2.24) is 10.6 Å². The van der Waals surface area contributed by atoms with Crippen LogP contribution in [-0.4, -0.2) is 11.9 Å². The summed E-state index contributed by atoms with van der Waals surface area (Å²) in [4.78, 5) is 24.0. The average Bonchev–Trinajstić information content (AvgIpc) is 2.76. The van der Waals surface area contributed by atoms with E-state index >= 15 is 0 Å². The number of hydrogen-bond acceptors (Lipinski definition) is 2. The van der Waals surface area contributed by atoms with Crippen LogP contribution in [0.2, 0.25) is 0 Å². The maximum atomic E-state index is 12.4. The normalized spacial score (nSPS) is 29.2. The predicted molar refractivity (Wildman–Crippen MR) is 71.2 cm³/mol. The third kappa shape index (κ3) is 1.76. The lowest BCUT2D eigenvalue weighted by atomic mass is 9.75. The van der Waals surface area contributed by atoms with E-state index in [1.807, 2.05) is 54.6 Å². The van der Waals surface area contributed by atoms with Crippen molar-refractivity contribution in [3.05, 3.63) is 60.2 Å². The Morgan fingerprint density at radius 1 is 1.11 bits per heavy atom. The summed E-state index contributed by atoms with van der Waals surface area (Å²) in [6.07, 6.45) is 8.56. The van der Waals surface area contributed by atoms with Gasteiger partial charge in [0.25, 0.3) is 5.91 Å². The van der Waals surface area contributed by atoms with E-state index in [0.717, 1.165) is 12.0 Å². The molecule has 19 heavy (non-hydrogen) atoms. The van der Waals surface area contributed by atoms with E-state index in [1.54, 1.807) is 0 Å². The molecule has 1 heterocycles. The van der Waals surface area contributed by atoms with Gasteiger partial charge in [-0.3, -0.25) is 10.1 Å². The molecule has 1 aliphatic carbocycles. The molecule has 1 aromatic rings. The van der Waals surface area contributed by atoms with Crippen LogP contribution in [-0.2, 0) is 10.3 Å². The minimum absolute atomic E-state index is 0.0775. The largest absolute Gasteiger partial charge is 0.322 e. The van der Waals surface area contributed by atoms with E-state index in [-0.39, 0.29) is 11.8 Å². The van der Waals surface area contributed by atoms with Crippen LogP contribution in [0, 0.1) is 5.92 Å². The average molecular weight is 254 g/mol. The molecule has 2 atom stereocenters. The van der Waals surface area contributed by atoms with Gasteiger partial charge in [-0.15, -0.1) is 0 Å². The van der Waals surface area contributed by atoms with Crippen LogP contribution in [0.4, 0.5) is 4.79 Å². The van der Waals surface area contributed by atoms with Crippen molar-refractivity contribution in [3.63, 3.8) is 0 Å². The maximum Gasteiger partial charge on any atom is 0.322 e. The summed E-state index contributed by atoms with van der Waals surface area (Å²) >= 11 is 0. The minimum atomic E-state index is -1.00. The fourth-order valence-corrected chi connectivity index (χ4v) is 2.75. The number of allylic oxidation sites excluding steroid dienone is 3. The van der Waals surface area contributed by atoms with Crippen LogP contribution in [0.5, 0.6) is 0 Å². The molecular formula is C15H14N2O2. The lowest BCUT2D eigenvalue weighted by Crippen LogP contribution is -2.49. The zero-order valence-corrected chi connectivity index (χ0v) is 10.3. The van der Waals surface area contributed by atoms with E-state index < -0.39 is 11.6 Å². The molecule has 1 saturated heterocycles. The van der Waals surface area contributed by atoms with Crippen molar-refractivity contribution in [3.8, 4) is 0 Å². The fourth-order valence-electron chi connectivity index (χ4n) is 2.75. The smallest absolute Gasteiger partial charge is 0.319 e. The summed E-state index contributed by atoms with van der Waals surface area (Å²) in [6, 6.07) is 8.95. The number of carbonyl (C=O) groups excluding carboxylic acids is 2. The molecule has 0 saturated carbocycles. The van der Waals surface area contributed by atoms with Gasteiger partial charge in [0.2, 0.25) is 0 Å². The number of rotatable bonds is 2. The Labute approximate surface area is 111 Å². The summed E-state index contributed by atoms with van der Waals surface area (Å²) < 4.78 is 0. The monoisotopic (exact) mass is 254 g/mol. The first-order chi connectivity index (χ1) is 9.23. The van der Waals surface area contributed by atoms with E-state index in [4.69, 9.17) is 0 Å². The molecule has 3 amide bonds. The molecule has 1 aliphatic heterocycles. The molecule has 0 radical (unpaired) electrons. The molecule has 4 heteroatoms. The second-order valence-corrected chi connectivity index (χ2v) is 4.74. The van der Waals surface area contributed by atoms with Crippen molar-refractivity contribution >= 4 is 11.9 Å². The third-order valence-electron chi connectivity index (χ3n) is 3.66. The summed E-state index contributed by atoms with van der Waals surface area (Å²) in [5, 5.41) is 5.17. The Hall–Kier alpha value is -2.36. The van der Waals surface area contributed by atoms with Gasteiger partial charge in [-0.1, -0.05) is 54.6 Å². The zero-order valence-electron chi connectivity index (χ0n) is 10.3. The highest BCUT2D eigenvalue weighted by atomic mass is 16.2. The van der Waals surface area contributed by atoms with Gasteiger partial charge in [0.1, 0.15) is 0 Å². The number of urea groups is 1. The van der Waals surface area contributed by atoms with Gasteiger partial charge >= 0.3 is 6.03 Å².